The summed E-state index contributed by atoms with van der Waals surface area (Å²) in [6.07, 6.45) is 4.57. The average Bonchev–Trinajstić information content (AvgIpc) is 2.78. The van der Waals surface area contributed by atoms with Crippen molar-refractivity contribution in [2.24, 2.45) is 13.0 Å². The van der Waals surface area contributed by atoms with Gasteiger partial charge in [-0.2, -0.15) is 5.10 Å². The minimum absolute atomic E-state index is 0.354. The monoisotopic (exact) mass is 164 g/mol. The van der Waals surface area contributed by atoms with Crippen LogP contribution in [0.25, 0.3) is 0 Å². The SMILES string of the molecule is Cn1ccc(CC(=O)C2CC2)n1. The van der Waals surface area contributed by atoms with E-state index in [0.717, 1.165) is 18.5 Å². The first kappa shape index (κ1) is 7.53. The second kappa shape index (κ2) is 2.73. The summed E-state index contributed by atoms with van der Waals surface area (Å²) in [5, 5.41) is 4.16. The molecule has 1 fully saturated rings. The van der Waals surface area contributed by atoms with Crippen molar-refractivity contribution in [1.29, 1.82) is 0 Å². The van der Waals surface area contributed by atoms with Crippen LogP contribution in [0, 0.1) is 5.92 Å². The molecule has 0 N–H and O–H groups in total. The van der Waals surface area contributed by atoms with Crippen LogP contribution in [0.4, 0.5) is 0 Å². The van der Waals surface area contributed by atoms with Crippen LogP contribution < -0.4 is 0 Å². The second-order valence-corrected chi connectivity index (χ2v) is 3.40. The van der Waals surface area contributed by atoms with Gasteiger partial charge >= 0.3 is 0 Å². The quantitative estimate of drug-likeness (QED) is 0.666. The molecule has 1 aromatic rings. The van der Waals surface area contributed by atoms with Crippen LogP contribution in [-0.2, 0) is 18.3 Å². The maximum Gasteiger partial charge on any atom is 0.141 e. The molecule has 0 bridgehead atoms. The van der Waals surface area contributed by atoms with Crippen LogP contribution in [0.1, 0.15) is 18.5 Å². The van der Waals surface area contributed by atoms with E-state index in [2.05, 4.69) is 5.10 Å². The zero-order chi connectivity index (χ0) is 8.55. The zero-order valence-corrected chi connectivity index (χ0v) is 7.16. The van der Waals surface area contributed by atoms with Gasteiger partial charge in [-0.05, 0) is 18.9 Å². The lowest BCUT2D eigenvalue weighted by Crippen LogP contribution is -2.05. The Morgan fingerprint density at radius 3 is 3.00 bits per heavy atom. The van der Waals surface area contributed by atoms with Crippen molar-refractivity contribution in [2.75, 3.05) is 0 Å². The molecule has 0 aromatic carbocycles. The number of rotatable bonds is 3. The largest absolute Gasteiger partial charge is 0.299 e. The lowest BCUT2D eigenvalue weighted by molar-refractivity contribution is -0.119. The predicted octanol–water partition coefficient (Wildman–Crippen LogP) is 0.942. The third-order valence-electron chi connectivity index (χ3n) is 2.16. The van der Waals surface area contributed by atoms with Gasteiger partial charge in [0.15, 0.2) is 0 Å². The van der Waals surface area contributed by atoms with Gasteiger partial charge in [-0.3, -0.25) is 9.48 Å². The standard InChI is InChI=1S/C9H12N2O/c1-11-5-4-8(10-11)6-9(12)7-2-3-7/h4-5,7H,2-3,6H2,1H3. The van der Waals surface area contributed by atoms with Gasteiger partial charge in [0.05, 0.1) is 12.1 Å². The van der Waals surface area contributed by atoms with Crippen LogP contribution in [-0.4, -0.2) is 15.6 Å². The summed E-state index contributed by atoms with van der Waals surface area (Å²) >= 11 is 0. The number of hydrogen-bond donors (Lipinski definition) is 0. The lowest BCUT2D eigenvalue weighted by atomic mass is 10.1. The summed E-state index contributed by atoms with van der Waals surface area (Å²) in [4.78, 5) is 11.3. The number of aromatic nitrogens is 2. The summed E-state index contributed by atoms with van der Waals surface area (Å²) in [6.45, 7) is 0. The van der Waals surface area contributed by atoms with Gasteiger partial charge in [-0.15, -0.1) is 0 Å². The first-order valence-corrected chi connectivity index (χ1v) is 4.27. The normalized spacial score (nSPS) is 16.4. The van der Waals surface area contributed by atoms with Gasteiger partial charge < -0.3 is 0 Å². The number of hydrogen-bond acceptors (Lipinski definition) is 2. The highest BCUT2D eigenvalue weighted by molar-refractivity contribution is 5.84. The van der Waals surface area contributed by atoms with Crippen molar-refractivity contribution in [3.8, 4) is 0 Å². The molecule has 1 aliphatic carbocycles. The summed E-state index contributed by atoms with van der Waals surface area (Å²) < 4.78 is 1.73. The molecule has 0 saturated heterocycles. The number of Topliss-reactive ketones (excluding diaryl/α,β-unsaturated/α-hetero) is 1. The molecule has 0 radical (unpaired) electrons. The number of nitrogens with zero attached hydrogens (tertiary/aromatic N) is 2. The molecule has 3 heteroatoms. The van der Waals surface area contributed by atoms with E-state index in [-0.39, 0.29) is 0 Å². The third-order valence-corrected chi connectivity index (χ3v) is 2.16. The molecule has 1 aliphatic rings. The fourth-order valence-electron chi connectivity index (χ4n) is 1.29. The third kappa shape index (κ3) is 1.55. The highest BCUT2D eigenvalue weighted by Crippen LogP contribution is 2.30. The minimum Gasteiger partial charge on any atom is -0.299 e. The highest BCUT2D eigenvalue weighted by atomic mass is 16.1. The van der Waals surface area contributed by atoms with E-state index in [1.54, 1.807) is 4.68 Å². The Morgan fingerprint density at radius 2 is 2.50 bits per heavy atom. The summed E-state index contributed by atoms with van der Waals surface area (Å²) in [6, 6.07) is 1.90. The molecule has 12 heavy (non-hydrogen) atoms. The summed E-state index contributed by atoms with van der Waals surface area (Å²) in [5.41, 5.74) is 0.898. The molecule has 0 atom stereocenters. The Morgan fingerprint density at radius 1 is 1.75 bits per heavy atom. The predicted molar refractivity (Wildman–Crippen MR) is 44.6 cm³/mol. The average molecular weight is 164 g/mol. The van der Waals surface area contributed by atoms with Crippen molar-refractivity contribution in [1.82, 2.24) is 9.78 Å². The Kier molecular flexibility index (Phi) is 1.71. The summed E-state index contributed by atoms with van der Waals surface area (Å²) in [7, 11) is 1.87. The molecular formula is C9H12N2O. The Hall–Kier alpha value is -1.12. The molecule has 3 nitrogen and oxygen atoms in total. The molecule has 0 aliphatic heterocycles. The highest BCUT2D eigenvalue weighted by Gasteiger charge is 2.29. The number of aryl methyl sites for hydroxylation is 1. The van der Waals surface area contributed by atoms with E-state index in [1.165, 1.54) is 0 Å². The van der Waals surface area contributed by atoms with Crippen molar-refractivity contribution in [3.05, 3.63) is 18.0 Å². The smallest absolute Gasteiger partial charge is 0.141 e. The molecule has 0 spiro atoms. The van der Waals surface area contributed by atoms with Crippen molar-refractivity contribution < 1.29 is 4.79 Å². The van der Waals surface area contributed by atoms with E-state index in [1.807, 2.05) is 19.3 Å². The van der Waals surface area contributed by atoms with Gasteiger partial charge in [0, 0.05) is 19.2 Å². The Bertz CT molecular complexity index is 299. The Labute approximate surface area is 71.4 Å². The van der Waals surface area contributed by atoms with E-state index in [4.69, 9.17) is 0 Å². The fourth-order valence-corrected chi connectivity index (χ4v) is 1.29. The van der Waals surface area contributed by atoms with E-state index >= 15 is 0 Å². The van der Waals surface area contributed by atoms with E-state index in [0.29, 0.717) is 18.1 Å². The molecule has 0 unspecified atom stereocenters. The van der Waals surface area contributed by atoms with Crippen LogP contribution in [0.15, 0.2) is 12.3 Å². The number of carbonyl (C=O) groups is 1. The molecule has 64 valence electrons. The first-order chi connectivity index (χ1) is 5.75. The van der Waals surface area contributed by atoms with E-state index in [9.17, 15) is 4.79 Å². The molecule has 0 amide bonds. The minimum atomic E-state index is 0.354. The molecule has 1 aromatic heterocycles. The zero-order valence-electron chi connectivity index (χ0n) is 7.16. The van der Waals surface area contributed by atoms with Crippen molar-refractivity contribution in [3.63, 3.8) is 0 Å². The summed E-state index contributed by atoms with van der Waals surface area (Å²) in [5.74, 6) is 0.709. The van der Waals surface area contributed by atoms with Crippen molar-refractivity contribution >= 4 is 5.78 Å². The maximum absolute atomic E-state index is 11.3. The molecule has 2 rings (SSSR count). The number of ketones is 1. The number of carbonyl (C=O) groups excluding carboxylic acids is 1. The Balaban J connectivity index is 1.98. The van der Waals surface area contributed by atoms with Gasteiger partial charge in [0.2, 0.25) is 0 Å². The fraction of sp³-hybridized carbons (Fsp3) is 0.556. The van der Waals surface area contributed by atoms with Crippen LogP contribution in [0.5, 0.6) is 0 Å². The van der Waals surface area contributed by atoms with Gasteiger partial charge in [-0.1, -0.05) is 0 Å². The van der Waals surface area contributed by atoms with Gasteiger partial charge in [0.25, 0.3) is 0 Å². The van der Waals surface area contributed by atoms with Crippen molar-refractivity contribution in [2.45, 2.75) is 19.3 Å². The molecule has 1 heterocycles. The topological polar surface area (TPSA) is 34.9 Å². The maximum atomic E-state index is 11.3. The van der Waals surface area contributed by atoms with Gasteiger partial charge in [0.1, 0.15) is 5.78 Å². The van der Waals surface area contributed by atoms with Crippen LogP contribution in [0.2, 0.25) is 0 Å². The van der Waals surface area contributed by atoms with Crippen LogP contribution in [0.3, 0.4) is 0 Å². The lowest BCUT2D eigenvalue weighted by Gasteiger charge is -1.93. The molecular weight excluding hydrogens is 152 g/mol. The van der Waals surface area contributed by atoms with E-state index < -0.39 is 0 Å². The van der Waals surface area contributed by atoms with Gasteiger partial charge in [-0.25, -0.2) is 0 Å². The van der Waals surface area contributed by atoms with Crippen LogP contribution >= 0.6 is 0 Å². The molecule has 1 saturated carbocycles. The first-order valence-electron chi connectivity index (χ1n) is 4.27. The second-order valence-electron chi connectivity index (χ2n) is 3.40.